The number of hydrogen-bond donors (Lipinski definition) is 1. The van der Waals surface area contributed by atoms with Crippen molar-refractivity contribution < 1.29 is 0 Å². The van der Waals surface area contributed by atoms with Crippen LogP contribution in [0.3, 0.4) is 0 Å². The molecule has 0 bridgehead atoms. The highest BCUT2D eigenvalue weighted by molar-refractivity contribution is 5.03. The van der Waals surface area contributed by atoms with Crippen LogP contribution in [0.15, 0.2) is 0 Å². The van der Waals surface area contributed by atoms with Gasteiger partial charge in [0.05, 0.1) is 6.07 Å². The van der Waals surface area contributed by atoms with Crippen LogP contribution in [0.4, 0.5) is 0 Å². The minimum absolute atomic E-state index is 0.338. The van der Waals surface area contributed by atoms with Crippen molar-refractivity contribution in [1.29, 1.82) is 5.26 Å². The van der Waals surface area contributed by atoms with E-state index in [9.17, 15) is 0 Å². The summed E-state index contributed by atoms with van der Waals surface area (Å²) in [6.45, 7) is 9.51. The Morgan fingerprint density at radius 3 is 2.22 bits per heavy atom. The van der Waals surface area contributed by atoms with Crippen LogP contribution < -0.4 is 5.32 Å². The number of unbranched alkanes of at least 4 members (excludes halogenated alkanes) is 3. The first kappa shape index (κ1) is 17.4. The average Bonchev–Trinajstić information content (AvgIpc) is 2.35. The number of nitrogens with zero attached hydrogens (tertiary/aromatic N) is 2. The van der Waals surface area contributed by atoms with E-state index in [0.29, 0.717) is 0 Å². The Labute approximate surface area is 114 Å². The Kier molecular flexibility index (Phi) is 10.0. The summed E-state index contributed by atoms with van der Waals surface area (Å²) in [5.74, 6) is 0. The molecule has 0 heterocycles. The summed E-state index contributed by atoms with van der Waals surface area (Å²) in [6.07, 6.45) is 7.18. The van der Waals surface area contributed by atoms with Gasteiger partial charge >= 0.3 is 0 Å². The van der Waals surface area contributed by atoms with Crippen LogP contribution in [-0.4, -0.2) is 37.1 Å². The summed E-state index contributed by atoms with van der Waals surface area (Å²) in [7, 11) is 2.20. The van der Waals surface area contributed by atoms with Crippen molar-refractivity contribution in [3.8, 4) is 6.07 Å². The fraction of sp³-hybridized carbons (Fsp3) is 0.933. The summed E-state index contributed by atoms with van der Waals surface area (Å²) in [4.78, 5) is 2.41. The van der Waals surface area contributed by atoms with E-state index in [1.807, 2.05) is 6.92 Å². The van der Waals surface area contributed by atoms with Gasteiger partial charge in [-0.15, -0.1) is 0 Å². The van der Waals surface area contributed by atoms with Crippen LogP contribution in [0.1, 0.15) is 59.3 Å². The molecule has 0 aromatic heterocycles. The Morgan fingerprint density at radius 2 is 1.72 bits per heavy atom. The summed E-state index contributed by atoms with van der Waals surface area (Å²) in [6, 6.07) is 2.38. The van der Waals surface area contributed by atoms with Crippen LogP contribution in [-0.2, 0) is 0 Å². The van der Waals surface area contributed by atoms with Crippen LogP contribution >= 0.6 is 0 Å². The monoisotopic (exact) mass is 253 g/mol. The summed E-state index contributed by atoms with van der Waals surface area (Å²) in [5, 5.41) is 12.4. The van der Waals surface area contributed by atoms with E-state index >= 15 is 0 Å². The van der Waals surface area contributed by atoms with Gasteiger partial charge in [0.2, 0.25) is 0 Å². The van der Waals surface area contributed by atoms with Crippen LogP contribution in [0.5, 0.6) is 0 Å². The van der Waals surface area contributed by atoms with Gasteiger partial charge in [-0.05, 0) is 59.3 Å². The lowest BCUT2D eigenvalue weighted by Gasteiger charge is -2.23. The smallest absolute Gasteiger partial charge is 0.103 e. The Bertz CT molecular complexity index is 234. The predicted octanol–water partition coefficient (Wildman–Crippen LogP) is 3.17. The second kappa shape index (κ2) is 10.3. The van der Waals surface area contributed by atoms with Crippen LogP contribution in [0, 0.1) is 11.3 Å². The highest BCUT2D eigenvalue weighted by atomic mass is 15.1. The lowest BCUT2D eigenvalue weighted by Crippen LogP contribution is -2.40. The molecule has 3 heteroatoms. The lowest BCUT2D eigenvalue weighted by atomic mass is 9.96. The molecule has 0 spiro atoms. The molecule has 0 aromatic rings. The highest BCUT2D eigenvalue weighted by Gasteiger charge is 2.21. The fourth-order valence-corrected chi connectivity index (χ4v) is 2.18. The SMILES string of the molecule is CCCCCN(C)CCCCC(C)(C#N)NCC. The number of rotatable bonds is 11. The molecular weight excluding hydrogens is 222 g/mol. The van der Waals surface area contributed by atoms with E-state index in [2.05, 4.69) is 37.2 Å². The zero-order valence-corrected chi connectivity index (χ0v) is 12.8. The number of nitrogens with one attached hydrogen (secondary N) is 1. The fourth-order valence-electron chi connectivity index (χ4n) is 2.18. The second-order valence-electron chi connectivity index (χ2n) is 5.44. The number of hydrogen-bond acceptors (Lipinski definition) is 3. The summed E-state index contributed by atoms with van der Waals surface area (Å²) in [5.41, 5.74) is -0.338. The molecule has 0 saturated carbocycles. The average molecular weight is 253 g/mol. The van der Waals surface area contributed by atoms with Gasteiger partial charge < -0.3 is 4.90 Å². The van der Waals surface area contributed by atoms with Crippen molar-refractivity contribution >= 4 is 0 Å². The molecule has 0 rings (SSSR count). The van der Waals surface area contributed by atoms with Crippen LogP contribution in [0.2, 0.25) is 0 Å². The third-order valence-corrected chi connectivity index (χ3v) is 3.42. The van der Waals surface area contributed by atoms with E-state index in [4.69, 9.17) is 5.26 Å². The van der Waals surface area contributed by atoms with Gasteiger partial charge in [-0.2, -0.15) is 5.26 Å². The van der Waals surface area contributed by atoms with E-state index in [1.165, 1.54) is 32.2 Å². The Morgan fingerprint density at radius 1 is 1.11 bits per heavy atom. The molecule has 0 aliphatic heterocycles. The third kappa shape index (κ3) is 8.49. The molecule has 0 aliphatic carbocycles. The minimum Gasteiger partial charge on any atom is -0.306 e. The summed E-state index contributed by atoms with van der Waals surface area (Å²) < 4.78 is 0. The molecule has 106 valence electrons. The van der Waals surface area contributed by atoms with E-state index in [1.54, 1.807) is 0 Å². The topological polar surface area (TPSA) is 39.1 Å². The van der Waals surface area contributed by atoms with Gasteiger partial charge in [0, 0.05) is 0 Å². The molecule has 0 aromatic carbocycles. The Balaban J connectivity index is 3.62. The lowest BCUT2D eigenvalue weighted by molar-refractivity contribution is 0.308. The molecule has 0 amide bonds. The third-order valence-electron chi connectivity index (χ3n) is 3.42. The van der Waals surface area contributed by atoms with Crippen molar-refractivity contribution in [1.82, 2.24) is 10.2 Å². The molecule has 18 heavy (non-hydrogen) atoms. The van der Waals surface area contributed by atoms with E-state index in [-0.39, 0.29) is 5.54 Å². The first-order valence-electron chi connectivity index (χ1n) is 7.42. The van der Waals surface area contributed by atoms with Crippen molar-refractivity contribution in [2.45, 2.75) is 64.8 Å². The largest absolute Gasteiger partial charge is 0.306 e. The van der Waals surface area contributed by atoms with Gasteiger partial charge in [-0.3, -0.25) is 5.32 Å². The molecule has 1 atom stereocenters. The first-order chi connectivity index (χ1) is 8.58. The quantitative estimate of drug-likeness (QED) is 0.575. The van der Waals surface area contributed by atoms with Crippen molar-refractivity contribution in [3.63, 3.8) is 0 Å². The molecule has 0 fully saturated rings. The number of nitriles is 1. The standard InChI is InChI=1S/C15H31N3/c1-5-7-9-12-18(4)13-10-8-11-15(3,14-16)17-6-2/h17H,5-13H2,1-4H3. The maximum Gasteiger partial charge on any atom is 0.103 e. The molecule has 1 unspecified atom stereocenters. The predicted molar refractivity (Wildman–Crippen MR) is 78.6 cm³/mol. The minimum atomic E-state index is -0.338. The maximum absolute atomic E-state index is 9.15. The van der Waals surface area contributed by atoms with E-state index < -0.39 is 0 Å². The van der Waals surface area contributed by atoms with Gasteiger partial charge in [0.15, 0.2) is 0 Å². The maximum atomic E-state index is 9.15. The highest BCUT2D eigenvalue weighted by Crippen LogP contribution is 2.13. The van der Waals surface area contributed by atoms with Gasteiger partial charge in [0.25, 0.3) is 0 Å². The molecule has 0 aliphatic rings. The zero-order valence-electron chi connectivity index (χ0n) is 12.8. The second-order valence-corrected chi connectivity index (χ2v) is 5.44. The van der Waals surface area contributed by atoms with Crippen molar-refractivity contribution in [2.75, 3.05) is 26.7 Å². The summed E-state index contributed by atoms with van der Waals surface area (Å²) >= 11 is 0. The molecule has 0 saturated heterocycles. The Hall–Kier alpha value is -0.590. The van der Waals surface area contributed by atoms with Crippen LogP contribution in [0.25, 0.3) is 0 Å². The molecule has 1 N–H and O–H groups in total. The van der Waals surface area contributed by atoms with Crippen molar-refractivity contribution in [2.24, 2.45) is 0 Å². The van der Waals surface area contributed by atoms with Crippen molar-refractivity contribution in [3.05, 3.63) is 0 Å². The molecule has 3 nitrogen and oxygen atoms in total. The zero-order chi connectivity index (χ0) is 13.9. The first-order valence-corrected chi connectivity index (χ1v) is 7.42. The van der Waals surface area contributed by atoms with Gasteiger partial charge in [0.1, 0.15) is 5.54 Å². The molecule has 0 radical (unpaired) electrons. The molecular formula is C15H31N3. The van der Waals surface area contributed by atoms with E-state index in [0.717, 1.165) is 25.9 Å². The normalized spacial score (nSPS) is 14.4. The van der Waals surface area contributed by atoms with Gasteiger partial charge in [-0.1, -0.05) is 26.7 Å². The van der Waals surface area contributed by atoms with Gasteiger partial charge in [-0.25, -0.2) is 0 Å².